The maximum absolute atomic E-state index is 15.0. The van der Waals surface area contributed by atoms with Gasteiger partial charge in [0.1, 0.15) is 11.5 Å². The average molecular weight is 798 g/mol. The summed E-state index contributed by atoms with van der Waals surface area (Å²) in [6.07, 6.45) is 3.13. The van der Waals surface area contributed by atoms with Crippen LogP contribution in [-0.2, 0) is 21.4 Å². The molecule has 0 aliphatic carbocycles. The molecule has 3 aromatic carbocycles. The van der Waals surface area contributed by atoms with E-state index in [9.17, 15) is 14.4 Å². The van der Waals surface area contributed by atoms with Crippen LogP contribution in [0.4, 0.5) is 10.1 Å². The molecule has 2 atom stereocenters. The number of piperazine rings is 1. The Morgan fingerprint density at radius 2 is 1.75 bits per heavy atom. The van der Waals surface area contributed by atoms with Gasteiger partial charge in [-0.3, -0.25) is 29.7 Å². The first-order chi connectivity index (χ1) is 28.3. The number of benzene rings is 3. The van der Waals surface area contributed by atoms with Gasteiger partial charge in [-0.25, -0.2) is 9.37 Å². The lowest BCUT2D eigenvalue weighted by molar-refractivity contribution is -0.134. The molecule has 2 aliphatic rings. The van der Waals surface area contributed by atoms with Crippen molar-refractivity contribution in [2.24, 2.45) is 0 Å². The van der Waals surface area contributed by atoms with Gasteiger partial charge in [0.2, 0.25) is 11.8 Å². The minimum atomic E-state index is -0.624. The molecule has 2 saturated heterocycles. The van der Waals surface area contributed by atoms with Gasteiger partial charge in [-0.2, -0.15) is 10.1 Å². The van der Waals surface area contributed by atoms with Gasteiger partial charge in [-0.1, -0.05) is 62.3 Å². The molecule has 0 radical (unpaired) electrons. The SMILES string of the molecule is Cc1cc(-c2n[nH]c3ncc(-c4ccc(N5CCN(CCc6ccc(C7CCC(=O)NC7=O)c(F)c6)CC5)cc4)cc23)ccc1C(C)NC(=O)c1nc(C(C)(C)C)no1. The van der Waals surface area contributed by atoms with E-state index >= 15 is 4.39 Å². The molecule has 3 amide bonds. The highest BCUT2D eigenvalue weighted by Crippen LogP contribution is 2.33. The van der Waals surface area contributed by atoms with Gasteiger partial charge in [-0.05, 0) is 79.3 Å². The number of carbonyl (C=O) groups is 3. The minimum absolute atomic E-state index is 0.0574. The molecule has 3 aromatic heterocycles. The fourth-order valence-corrected chi connectivity index (χ4v) is 7.93. The van der Waals surface area contributed by atoms with Gasteiger partial charge in [-0.15, -0.1) is 0 Å². The van der Waals surface area contributed by atoms with Crippen LogP contribution < -0.4 is 15.5 Å². The number of halogens is 1. The van der Waals surface area contributed by atoms with Crippen LogP contribution in [0.2, 0.25) is 0 Å². The lowest BCUT2D eigenvalue weighted by Gasteiger charge is -2.36. The number of nitrogens with one attached hydrogen (secondary N) is 3. The van der Waals surface area contributed by atoms with Crippen molar-refractivity contribution in [2.75, 3.05) is 37.6 Å². The summed E-state index contributed by atoms with van der Waals surface area (Å²) in [4.78, 5) is 50.4. The number of nitrogens with zero attached hydrogens (tertiary/aromatic N) is 6. The van der Waals surface area contributed by atoms with E-state index in [1.165, 1.54) is 6.07 Å². The van der Waals surface area contributed by atoms with Crippen LogP contribution in [0.5, 0.6) is 0 Å². The molecular formula is C45H48FN9O4. The maximum atomic E-state index is 15.0. The molecule has 304 valence electrons. The third kappa shape index (κ3) is 8.49. The molecule has 6 aromatic rings. The first-order valence-electron chi connectivity index (χ1n) is 20.1. The van der Waals surface area contributed by atoms with E-state index in [0.29, 0.717) is 29.9 Å². The van der Waals surface area contributed by atoms with E-state index in [1.807, 2.05) is 59.0 Å². The van der Waals surface area contributed by atoms with Crippen LogP contribution in [0.15, 0.2) is 77.4 Å². The summed E-state index contributed by atoms with van der Waals surface area (Å²) in [5, 5.41) is 17.9. The van der Waals surface area contributed by atoms with Crippen molar-refractivity contribution in [1.82, 2.24) is 40.9 Å². The number of H-pyrrole nitrogens is 1. The number of hydrogen-bond acceptors (Lipinski definition) is 10. The Kier molecular flexibility index (Phi) is 10.8. The topological polar surface area (TPSA) is 162 Å². The number of aromatic amines is 1. The summed E-state index contributed by atoms with van der Waals surface area (Å²) in [6.45, 7) is 14.2. The summed E-state index contributed by atoms with van der Waals surface area (Å²) in [6, 6.07) is 21.6. The Balaban J connectivity index is 0.870. The number of anilines is 1. The van der Waals surface area contributed by atoms with Crippen molar-refractivity contribution in [2.45, 2.75) is 71.3 Å². The van der Waals surface area contributed by atoms with Gasteiger partial charge < -0.3 is 14.7 Å². The Morgan fingerprint density at radius 1 is 0.983 bits per heavy atom. The molecule has 3 N–H and O–H groups in total. The van der Waals surface area contributed by atoms with Crippen LogP contribution in [-0.4, -0.2) is 80.7 Å². The van der Waals surface area contributed by atoms with Crippen LogP contribution in [0.1, 0.15) is 91.3 Å². The van der Waals surface area contributed by atoms with Gasteiger partial charge in [0.15, 0.2) is 11.5 Å². The van der Waals surface area contributed by atoms with E-state index in [-0.39, 0.29) is 35.5 Å². The zero-order chi connectivity index (χ0) is 41.4. The Hall–Kier alpha value is -6.28. The van der Waals surface area contributed by atoms with Gasteiger partial charge in [0.25, 0.3) is 0 Å². The number of amides is 3. The first-order valence-corrected chi connectivity index (χ1v) is 20.1. The lowest BCUT2D eigenvalue weighted by Crippen LogP contribution is -2.47. The molecule has 8 rings (SSSR count). The molecule has 13 nitrogen and oxygen atoms in total. The van der Waals surface area contributed by atoms with Crippen LogP contribution in [0, 0.1) is 12.7 Å². The molecule has 59 heavy (non-hydrogen) atoms. The van der Waals surface area contributed by atoms with Crippen molar-refractivity contribution >= 4 is 34.4 Å². The maximum Gasteiger partial charge on any atom is 0.315 e. The number of rotatable bonds is 10. The van der Waals surface area contributed by atoms with E-state index in [4.69, 9.17) is 9.51 Å². The van der Waals surface area contributed by atoms with E-state index in [0.717, 1.165) is 82.9 Å². The van der Waals surface area contributed by atoms with E-state index < -0.39 is 17.7 Å². The standard InChI is InChI=1S/C45H48FN9O4/c1-26-22-30(9-13-33(26)27(2)48-42(58)43-50-44(53-59-43)45(3,4)5)39-36-24-31(25-47-40(36)52-51-39)29-7-10-32(11-8-29)55-20-18-54(19-21-55)17-16-28-6-12-34(37(46)23-28)35-14-15-38(56)49-41(35)57/h6-13,22-25,27,35H,14-21H2,1-5H3,(H,48,58)(H,47,51,52)(H,49,56,57). The second kappa shape index (κ2) is 16.2. The number of pyridine rings is 1. The van der Waals surface area contributed by atoms with Crippen molar-refractivity contribution in [3.8, 4) is 22.4 Å². The zero-order valence-corrected chi connectivity index (χ0v) is 33.9. The fraction of sp³-hybridized carbons (Fsp3) is 0.356. The van der Waals surface area contributed by atoms with Crippen LogP contribution in [0.3, 0.4) is 0 Å². The number of fused-ring (bicyclic) bond motifs is 1. The zero-order valence-electron chi connectivity index (χ0n) is 33.9. The van der Waals surface area contributed by atoms with Gasteiger partial charge >= 0.3 is 11.8 Å². The number of imide groups is 1. The summed E-state index contributed by atoms with van der Waals surface area (Å²) >= 11 is 0. The van der Waals surface area contributed by atoms with Crippen molar-refractivity contribution in [1.29, 1.82) is 0 Å². The predicted molar refractivity (Wildman–Crippen MR) is 222 cm³/mol. The monoisotopic (exact) mass is 797 g/mol. The summed E-state index contributed by atoms with van der Waals surface area (Å²) in [5.74, 6) is -1.74. The van der Waals surface area contributed by atoms with Crippen molar-refractivity contribution in [3.05, 3.63) is 113 Å². The molecular weight excluding hydrogens is 750 g/mol. The summed E-state index contributed by atoms with van der Waals surface area (Å²) in [5.41, 5.74) is 8.51. The second-order valence-electron chi connectivity index (χ2n) is 16.6. The van der Waals surface area contributed by atoms with Crippen molar-refractivity contribution in [3.63, 3.8) is 0 Å². The lowest BCUT2D eigenvalue weighted by atomic mass is 9.89. The number of piperidine rings is 1. The molecule has 0 saturated carbocycles. The molecule has 0 spiro atoms. The Bertz CT molecular complexity index is 2530. The largest absolute Gasteiger partial charge is 0.369 e. The molecule has 2 unspecified atom stereocenters. The quantitative estimate of drug-likeness (QED) is 0.126. The van der Waals surface area contributed by atoms with Gasteiger partial charge in [0, 0.05) is 78.5 Å². The molecule has 5 heterocycles. The number of carbonyl (C=O) groups excluding carboxylic acids is 3. The predicted octanol–water partition coefficient (Wildman–Crippen LogP) is 6.80. The highest BCUT2D eigenvalue weighted by Gasteiger charge is 2.30. The highest BCUT2D eigenvalue weighted by molar-refractivity contribution is 6.01. The Labute approximate surface area is 341 Å². The minimum Gasteiger partial charge on any atom is -0.369 e. The average Bonchev–Trinajstić information content (AvgIpc) is 3.90. The normalized spacial score (nSPS) is 17.0. The number of hydrogen-bond donors (Lipinski definition) is 3. The number of aryl methyl sites for hydroxylation is 1. The van der Waals surface area contributed by atoms with Crippen LogP contribution >= 0.6 is 0 Å². The Morgan fingerprint density at radius 3 is 2.44 bits per heavy atom. The third-order valence-electron chi connectivity index (χ3n) is 11.4. The summed E-state index contributed by atoms with van der Waals surface area (Å²) in [7, 11) is 0. The smallest absolute Gasteiger partial charge is 0.315 e. The fourth-order valence-electron chi connectivity index (χ4n) is 7.93. The molecule has 14 heteroatoms. The van der Waals surface area contributed by atoms with Crippen LogP contribution in [0.25, 0.3) is 33.4 Å². The first kappa shape index (κ1) is 39.5. The van der Waals surface area contributed by atoms with E-state index in [1.54, 1.807) is 6.07 Å². The number of aromatic nitrogens is 5. The van der Waals surface area contributed by atoms with Crippen molar-refractivity contribution < 1.29 is 23.3 Å². The second-order valence-corrected chi connectivity index (χ2v) is 16.6. The van der Waals surface area contributed by atoms with E-state index in [2.05, 4.69) is 77.2 Å². The third-order valence-corrected chi connectivity index (χ3v) is 11.4. The van der Waals surface area contributed by atoms with Gasteiger partial charge in [0.05, 0.1) is 12.0 Å². The summed E-state index contributed by atoms with van der Waals surface area (Å²) < 4.78 is 20.3. The highest BCUT2D eigenvalue weighted by atomic mass is 19.1. The molecule has 2 aliphatic heterocycles. The molecule has 2 fully saturated rings. The molecule has 0 bridgehead atoms.